The van der Waals surface area contributed by atoms with Gasteiger partial charge in [0.05, 0.1) is 5.56 Å². The molecule has 1 heterocycles. The van der Waals surface area contributed by atoms with Gasteiger partial charge in [-0.1, -0.05) is 0 Å². The molecule has 0 saturated carbocycles. The predicted octanol–water partition coefficient (Wildman–Crippen LogP) is 3.50. The number of halogens is 4. The highest BCUT2D eigenvalue weighted by molar-refractivity contribution is 5.63. The molecule has 2 N–H and O–H groups in total. The second-order valence-electron chi connectivity index (χ2n) is 4.33. The Morgan fingerprint density at radius 2 is 1.75 bits per heavy atom. The molecule has 0 aliphatic carbocycles. The molecule has 7 heteroatoms. The molecule has 0 radical (unpaired) electrons. The quantitative estimate of drug-likeness (QED) is 0.816. The van der Waals surface area contributed by atoms with Crippen LogP contribution in [0.4, 0.5) is 23.4 Å². The number of anilines is 1. The topological polar surface area (TPSA) is 51.8 Å². The number of nitrogens with two attached hydrogens (primary N) is 1. The van der Waals surface area contributed by atoms with E-state index in [4.69, 9.17) is 5.73 Å². The van der Waals surface area contributed by atoms with Crippen molar-refractivity contribution in [2.24, 2.45) is 0 Å². The van der Waals surface area contributed by atoms with E-state index >= 15 is 0 Å². The van der Waals surface area contributed by atoms with Crippen LogP contribution in [0.15, 0.2) is 18.2 Å². The van der Waals surface area contributed by atoms with E-state index in [9.17, 15) is 17.6 Å². The Bertz CT molecular complexity index is 642. The molecule has 0 saturated heterocycles. The molecule has 1 aromatic heterocycles. The summed E-state index contributed by atoms with van der Waals surface area (Å²) in [5, 5.41) is 0. The number of rotatable bonds is 1. The van der Waals surface area contributed by atoms with Gasteiger partial charge >= 0.3 is 6.18 Å². The van der Waals surface area contributed by atoms with Crippen molar-refractivity contribution in [3.05, 3.63) is 40.8 Å². The van der Waals surface area contributed by atoms with Gasteiger partial charge in [-0.25, -0.2) is 14.4 Å². The first-order valence-corrected chi connectivity index (χ1v) is 5.68. The van der Waals surface area contributed by atoms with Crippen LogP contribution in [0.1, 0.15) is 16.8 Å². The van der Waals surface area contributed by atoms with E-state index in [1.165, 1.54) is 0 Å². The molecular formula is C13H11F4N3. The van der Waals surface area contributed by atoms with Gasteiger partial charge in [0.15, 0.2) is 5.82 Å². The van der Waals surface area contributed by atoms with Gasteiger partial charge in [0.1, 0.15) is 11.6 Å². The molecule has 2 rings (SSSR count). The lowest BCUT2D eigenvalue weighted by molar-refractivity contribution is -0.137. The molecule has 0 spiro atoms. The number of aryl methyl sites for hydroxylation is 1. The van der Waals surface area contributed by atoms with Crippen molar-refractivity contribution in [3.8, 4) is 11.4 Å². The molecule has 0 aliphatic rings. The van der Waals surface area contributed by atoms with E-state index in [1.54, 1.807) is 13.8 Å². The van der Waals surface area contributed by atoms with Crippen molar-refractivity contribution in [3.63, 3.8) is 0 Å². The standard InChI is InChI=1S/C13H11F4N3/c1-6-7(2)19-12(20-11(6)18)9-5-8(14)3-4-10(9)13(15,16)17/h3-5H,1-2H3,(H2,18,19,20). The van der Waals surface area contributed by atoms with Gasteiger partial charge in [0.25, 0.3) is 0 Å². The fourth-order valence-electron chi connectivity index (χ4n) is 1.72. The second kappa shape index (κ2) is 4.73. The third-order valence-electron chi connectivity index (χ3n) is 2.95. The molecule has 20 heavy (non-hydrogen) atoms. The van der Waals surface area contributed by atoms with E-state index in [0.717, 1.165) is 12.1 Å². The molecule has 0 unspecified atom stereocenters. The fraction of sp³-hybridized carbons (Fsp3) is 0.231. The SMILES string of the molecule is Cc1nc(-c2cc(F)ccc2C(F)(F)F)nc(N)c1C. The Balaban J connectivity index is 2.72. The Morgan fingerprint density at radius 3 is 2.30 bits per heavy atom. The first-order chi connectivity index (χ1) is 9.20. The molecule has 0 aliphatic heterocycles. The van der Waals surface area contributed by atoms with Gasteiger partial charge < -0.3 is 5.73 Å². The maximum Gasteiger partial charge on any atom is 0.417 e. The van der Waals surface area contributed by atoms with Crippen LogP contribution in [0.2, 0.25) is 0 Å². The number of nitrogen functional groups attached to an aromatic ring is 1. The number of hydrogen-bond donors (Lipinski definition) is 1. The predicted molar refractivity (Wildman–Crippen MR) is 66.3 cm³/mol. The van der Waals surface area contributed by atoms with Gasteiger partial charge in [-0.2, -0.15) is 13.2 Å². The summed E-state index contributed by atoms with van der Waals surface area (Å²) in [5.74, 6) is -0.962. The van der Waals surface area contributed by atoms with Crippen LogP contribution >= 0.6 is 0 Å². The third kappa shape index (κ3) is 2.56. The molecule has 0 fully saturated rings. The van der Waals surface area contributed by atoms with Crippen molar-refractivity contribution in [2.45, 2.75) is 20.0 Å². The third-order valence-corrected chi connectivity index (χ3v) is 2.95. The van der Waals surface area contributed by atoms with E-state index in [0.29, 0.717) is 17.3 Å². The Hall–Kier alpha value is -2.18. The lowest BCUT2D eigenvalue weighted by Gasteiger charge is -2.13. The van der Waals surface area contributed by atoms with Crippen LogP contribution in [0.3, 0.4) is 0 Å². The van der Waals surface area contributed by atoms with E-state index in [-0.39, 0.29) is 11.6 Å². The van der Waals surface area contributed by atoms with Crippen LogP contribution in [0.5, 0.6) is 0 Å². The number of benzene rings is 1. The highest BCUT2D eigenvalue weighted by atomic mass is 19.4. The van der Waals surface area contributed by atoms with Gasteiger partial charge in [-0.15, -0.1) is 0 Å². The zero-order chi connectivity index (χ0) is 15.1. The summed E-state index contributed by atoms with van der Waals surface area (Å²) < 4.78 is 52.1. The zero-order valence-electron chi connectivity index (χ0n) is 10.7. The first kappa shape index (κ1) is 14.2. The van der Waals surface area contributed by atoms with Crippen molar-refractivity contribution in [1.82, 2.24) is 9.97 Å². The number of nitrogens with zero attached hydrogens (tertiary/aromatic N) is 2. The monoisotopic (exact) mass is 285 g/mol. The van der Waals surface area contributed by atoms with Gasteiger partial charge in [-0.3, -0.25) is 0 Å². The molecule has 0 amide bonds. The van der Waals surface area contributed by atoms with Crippen LogP contribution in [0, 0.1) is 19.7 Å². The summed E-state index contributed by atoms with van der Waals surface area (Å²) in [6.45, 7) is 3.26. The summed E-state index contributed by atoms with van der Waals surface area (Å²) in [7, 11) is 0. The van der Waals surface area contributed by atoms with Gasteiger partial charge in [0, 0.05) is 16.8 Å². The maximum absolute atomic E-state index is 13.2. The van der Waals surface area contributed by atoms with Crippen LogP contribution in [-0.2, 0) is 6.18 Å². The highest BCUT2D eigenvalue weighted by Crippen LogP contribution is 2.36. The minimum Gasteiger partial charge on any atom is -0.383 e. The molecule has 106 valence electrons. The van der Waals surface area contributed by atoms with Crippen molar-refractivity contribution < 1.29 is 17.6 Å². The fourth-order valence-corrected chi connectivity index (χ4v) is 1.72. The van der Waals surface area contributed by atoms with E-state index in [2.05, 4.69) is 9.97 Å². The number of hydrogen-bond acceptors (Lipinski definition) is 3. The smallest absolute Gasteiger partial charge is 0.383 e. The van der Waals surface area contributed by atoms with E-state index in [1.807, 2.05) is 0 Å². The number of alkyl halides is 3. The Labute approximate surface area is 112 Å². The molecular weight excluding hydrogens is 274 g/mol. The summed E-state index contributed by atoms with van der Waals surface area (Å²) in [4.78, 5) is 7.78. The highest BCUT2D eigenvalue weighted by Gasteiger charge is 2.34. The van der Waals surface area contributed by atoms with Crippen LogP contribution < -0.4 is 5.73 Å². The first-order valence-electron chi connectivity index (χ1n) is 5.68. The molecule has 3 nitrogen and oxygen atoms in total. The summed E-state index contributed by atoms with van der Waals surface area (Å²) in [5.41, 5.74) is 5.24. The maximum atomic E-state index is 13.2. The minimum absolute atomic E-state index is 0.0740. The van der Waals surface area contributed by atoms with Gasteiger partial charge in [-0.05, 0) is 32.0 Å². The molecule has 0 atom stereocenters. The zero-order valence-corrected chi connectivity index (χ0v) is 10.7. The Morgan fingerprint density at radius 1 is 1.10 bits per heavy atom. The lowest BCUT2D eigenvalue weighted by Crippen LogP contribution is -2.10. The normalized spacial score (nSPS) is 11.7. The van der Waals surface area contributed by atoms with Crippen LogP contribution in [0.25, 0.3) is 11.4 Å². The molecule has 1 aromatic carbocycles. The molecule has 2 aromatic rings. The molecule has 0 bridgehead atoms. The number of aromatic nitrogens is 2. The van der Waals surface area contributed by atoms with E-state index < -0.39 is 23.1 Å². The summed E-state index contributed by atoms with van der Waals surface area (Å²) in [6, 6.07) is 2.17. The largest absolute Gasteiger partial charge is 0.417 e. The average Bonchev–Trinajstić information content (AvgIpc) is 2.33. The summed E-state index contributed by atoms with van der Waals surface area (Å²) >= 11 is 0. The minimum atomic E-state index is -4.63. The Kier molecular flexibility index (Phi) is 3.37. The van der Waals surface area contributed by atoms with Crippen molar-refractivity contribution in [2.75, 3.05) is 5.73 Å². The van der Waals surface area contributed by atoms with Gasteiger partial charge in [0.2, 0.25) is 0 Å². The van der Waals surface area contributed by atoms with Crippen LogP contribution in [-0.4, -0.2) is 9.97 Å². The average molecular weight is 285 g/mol. The second-order valence-corrected chi connectivity index (χ2v) is 4.33. The summed E-state index contributed by atoms with van der Waals surface area (Å²) in [6.07, 6.45) is -4.63. The lowest BCUT2D eigenvalue weighted by atomic mass is 10.1. The van der Waals surface area contributed by atoms with Crippen molar-refractivity contribution in [1.29, 1.82) is 0 Å². The van der Waals surface area contributed by atoms with Crippen molar-refractivity contribution >= 4 is 5.82 Å².